The van der Waals surface area contributed by atoms with E-state index in [1.54, 1.807) is 6.21 Å². The van der Waals surface area contributed by atoms with Gasteiger partial charge in [0.1, 0.15) is 0 Å². The fraction of sp³-hybridized carbons (Fsp3) is 0.333. The molecule has 2 nitrogen and oxygen atoms in total. The maximum Gasteiger partial charge on any atom is 0.0841 e. The second kappa shape index (κ2) is 4.70. The molecule has 0 aliphatic carbocycles. The van der Waals surface area contributed by atoms with Gasteiger partial charge in [-0.2, -0.15) is 0 Å². The predicted molar refractivity (Wildman–Crippen MR) is 60.7 cm³/mol. The quantitative estimate of drug-likeness (QED) is 0.655. The van der Waals surface area contributed by atoms with Crippen LogP contribution in [0.2, 0.25) is 0 Å². The molecule has 0 aliphatic rings. The molecule has 74 valence electrons. The van der Waals surface area contributed by atoms with Gasteiger partial charge >= 0.3 is 0 Å². The van der Waals surface area contributed by atoms with Crippen LogP contribution in [0.15, 0.2) is 29.0 Å². The highest BCUT2D eigenvalue weighted by molar-refractivity contribution is 5.79. The Morgan fingerprint density at radius 3 is 2.64 bits per heavy atom. The summed E-state index contributed by atoms with van der Waals surface area (Å²) in [7, 11) is 0. The van der Waals surface area contributed by atoms with Gasteiger partial charge in [0.2, 0.25) is 0 Å². The van der Waals surface area contributed by atoms with Crippen molar-refractivity contribution in [1.82, 2.24) is 4.98 Å². The van der Waals surface area contributed by atoms with Crippen molar-refractivity contribution >= 4 is 6.21 Å². The minimum atomic E-state index is 0.938. The number of hydrogen-bond acceptors (Lipinski definition) is 2. The highest BCUT2D eigenvalue weighted by Gasteiger charge is 1.95. The van der Waals surface area contributed by atoms with E-state index in [1.165, 1.54) is 11.1 Å². The molecule has 0 N–H and O–H groups in total. The van der Waals surface area contributed by atoms with Gasteiger partial charge in [0.15, 0.2) is 0 Å². The zero-order valence-electron chi connectivity index (χ0n) is 9.20. The Morgan fingerprint density at radius 2 is 2.07 bits per heavy atom. The molecule has 0 unspecified atom stereocenters. The molecule has 0 amide bonds. The molecule has 0 saturated carbocycles. The number of aromatic nitrogens is 1. The van der Waals surface area contributed by atoms with Gasteiger partial charge in [0.25, 0.3) is 0 Å². The molecule has 1 rings (SSSR count). The second-order valence-corrected chi connectivity index (χ2v) is 3.70. The van der Waals surface area contributed by atoms with Crippen molar-refractivity contribution in [2.45, 2.75) is 27.7 Å². The predicted octanol–water partition coefficient (Wildman–Crippen LogP) is 3.04. The summed E-state index contributed by atoms with van der Waals surface area (Å²) in [5.41, 5.74) is 4.47. The first-order valence-electron chi connectivity index (χ1n) is 4.69. The molecule has 1 aromatic heterocycles. The molecular formula is C12H16N2. The number of rotatable bonds is 2. The smallest absolute Gasteiger partial charge is 0.0841 e. The van der Waals surface area contributed by atoms with Gasteiger partial charge in [-0.1, -0.05) is 11.6 Å². The molecule has 0 radical (unpaired) electrons. The van der Waals surface area contributed by atoms with Crippen LogP contribution in [0.4, 0.5) is 0 Å². The zero-order chi connectivity index (χ0) is 10.6. The number of nitrogens with zero attached hydrogens (tertiary/aromatic N) is 2. The first-order valence-corrected chi connectivity index (χ1v) is 4.69. The Morgan fingerprint density at radius 1 is 1.36 bits per heavy atom. The van der Waals surface area contributed by atoms with Crippen LogP contribution in [0, 0.1) is 13.8 Å². The number of allylic oxidation sites excluding steroid dienone is 1. The highest BCUT2D eigenvalue weighted by atomic mass is 14.7. The normalized spacial score (nSPS) is 10.6. The Balaban J connectivity index is 2.87. The molecule has 0 aliphatic heterocycles. The molecule has 0 aromatic carbocycles. The first kappa shape index (κ1) is 10.6. The number of aliphatic imine (C=N–C) groups is 1. The molecule has 0 spiro atoms. The average Bonchev–Trinajstić information content (AvgIpc) is 2.08. The lowest BCUT2D eigenvalue weighted by atomic mass is 10.2. The van der Waals surface area contributed by atoms with Crippen molar-refractivity contribution < 1.29 is 0 Å². The number of hydrogen-bond donors (Lipinski definition) is 0. The minimum absolute atomic E-state index is 0.938. The third-order valence-electron chi connectivity index (χ3n) is 1.79. The summed E-state index contributed by atoms with van der Waals surface area (Å²) in [4.78, 5) is 8.48. The van der Waals surface area contributed by atoms with Crippen LogP contribution in [0.3, 0.4) is 0 Å². The lowest BCUT2D eigenvalue weighted by Gasteiger charge is -1.98. The molecule has 0 bridgehead atoms. The van der Waals surface area contributed by atoms with E-state index in [9.17, 15) is 0 Å². The van der Waals surface area contributed by atoms with Gasteiger partial charge in [-0.25, -0.2) is 0 Å². The van der Waals surface area contributed by atoms with E-state index in [0.29, 0.717) is 0 Å². The number of pyridine rings is 1. The van der Waals surface area contributed by atoms with Crippen LogP contribution >= 0.6 is 0 Å². The van der Waals surface area contributed by atoms with E-state index < -0.39 is 0 Å². The van der Waals surface area contributed by atoms with Gasteiger partial charge in [-0.15, -0.1) is 0 Å². The van der Waals surface area contributed by atoms with E-state index in [0.717, 1.165) is 11.3 Å². The standard InChI is InChI=1S/C12H16N2/c1-9(2)6-13-8-12-11(4)5-10(3)7-14-12/h5-8H,1-4H3. The summed E-state index contributed by atoms with van der Waals surface area (Å²) in [5, 5.41) is 0. The van der Waals surface area contributed by atoms with Crippen molar-refractivity contribution in [3.63, 3.8) is 0 Å². The number of aryl methyl sites for hydroxylation is 2. The monoisotopic (exact) mass is 188 g/mol. The fourth-order valence-corrected chi connectivity index (χ4v) is 1.12. The molecule has 0 fully saturated rings. The maximum atomic E-state index is 4.30. The van der Waals surface area contributed by atoms with E-state index in [1.807, 2.05) is 40.1 Å². The van der Waals surface area contributed by atoms with E-state index >= 15 is 0 Å². The summed E-state index contributed by atoms with van der Waals surface area (Å²) < 4.78 is 0. The molecule has 0 saturated heterocycles. The average molecular weight is 188 g/mol. The van der Waals surface area contributed by atoms with Gasteiger partial charge in [0.05, 0.1) is 11.9 Å². The summed E-state index contributed by atoms with van der Waals surface area (Å²) in [5.74, 6) is 0. The Bertz CT molecular complexity index is 372. The summed E-state index contributed by atoms with van der Waals surface area (Å²) in [6, 6.07) is 2.11. The van der Waals surface area contributed by atoms with Gasteiger partial charge in [-0.05, 0) is 38.8 Å². The Hall–Kier alpha value is -1.44. The molecular weight excluding hydrogens is 172 g/mol. The molecule has 14 heavy (non-hydrogen) atoms. The fourth-order valence-electron chi connectivity index (χ4n) is 1.12. The highest BCUT2D eigenvalue weighted by Crippen LogP contribution is 2.04. The van der Waals surface area contributed by atoms with Crippen LogP contribution in [-0.4, -0.2) is 11.2 Å². The maximum absolute atomic E-state index is 4.30. The third kappa shape index (κ3) is 3.13. The van der Waals surface area contributed by atoms with E-state index in [-0.39, 0.29) is 0 Å². The lowest BCUT2D eigenvalue weighted by molar-refractivity contribution is 1.20. The molecule has 2 heteroatoms. The minimum Gasteiger partial charge on any atom is -0.263 e. The topological polar surface area (TPSA) is 25.2 Å². The van der Waals surface area contributed by atoms with Crippen molar-refractivity contribution in [3.8, 4) is 0 Å². The molecule has 1 heterocycles. The molecule has 1 aromatic rings. The zero-order valence-corrected chi connectivity index (χ0v) is 9.20. The third-order valence-corrected chi connectivity index (χ3v) is 1.79. The second-order valence-electron chi connectivity index (χ2n) is 3.70. The SMILES string of the molecule is CC(C)=CN=Cc1ncc(C)cc1C. The van der Waals surface area contributed by atoms with Crippen molar-refractivity contribution in [3.05, 3.63) is 40.9 Å². The Labute approximate surface area is 85.4 Å². The van der Waals surface area contributed by atoms with Crippen LogP contribution < -0.4 is 0 Å². The van der Waals surface area contributed by atoms with Crippen LogP contribution in [-0.2, 0) is 0 Å². The van der Waals surface area contributed by atoms with Crippen LogP contribution in [0.1, 0.15) is 30.7 Å². The van der Waals surface area contributed by atoms with Gasteiger partial charge in [-0.3, -0.25) is 9.98 Å². The van der Waals surface area contributed by atoms with Crippen molar-refractivity contribution in [1.29, 1.82) is 0 Å². The Kier molecular flexibility index (Phi) is 3.57. The van der Waals surface area contributed by atoms with E-state index in [4.69, 9.17) is 0 Å². The first-order chi connectivity index (χ1) is 6.59. The van der Waals surface area contributed by atoms with Gasteiger partial charge in [0, 0.05) is 12.4 Å². The van der Waals surface area contributed by atoms with Crippen LogP contribution in [0.5, 0.6) is 0 Å². The molecule has 0 atom stereocenters. The largest absolute Gasteiger partial charge is 0.263 e. The van der Waals surface area contributed by atoms with Crippen LogP contribution in [0.25, 0.3) is 0 Å². The summed E-state index contributed by atoms with van der Waals surface area (Å²) in [6.07, 6.45) is 5.49. The van der Waals surface area contributed by atoms with E-state index in [2.05, 4.69) is 16.0 Å². The lowest BCUT2D eigenvalue weighted by Crippen LogP contribution is -1.92. The van der Waals surface area contributed by atoms with Gasteiger partial charge < -0.3 is 0 Å². The summed E-state index contributed by atoms with van der Waals surface area (Å²) in [6.45, 7) is 8.13. The summed E-state index contributed by atoms with van der Waals surface area (Å²) >= 11 is 0. The van der Waals surface area contributed by atoms with Crippen molar-refractivity contribution in [2.75, 3.05) is 0 Å². The van der Waals surface area contributed by atoms with Crippen molar-refractivity contribution in [2.24, 2.45) is 4.99 Å².